The zero-order chi connectivity index (χ0) is 22.3. The van der Waals surface area contributed by atoms with Crippen molar-refractivity contribution in [3.63, 3.8) is 0 Å². The highest BCUT2D eigenvalue weighted by Gasteiger charge is 2.33. The van der Waals surface area contributed by atoms with Crippen LogP contribution < -0.4 is 0 Å². The fourth-order valence-corrected chi connectivity index (χ4v) is 5.30. The van der Waals surface area contributed by atoms with Crippen molar-refractivity contribution >= 4 is 11.7 Å². The Labute approximate surface area is 192 Å². The fraction of sp³-hybridized carbons (Fsp3) is 0.500. The molecule has 2 fully saturated rings. The average Bonchev–Trinajstić information content (AvgIpc) is 3.37. The number of piperidine rings is 1. The molecule has 32 heavy (non-hydrogen) atoms. The van der Waals surface area contributed by atoms with Gasteiger partial charge in [-0.2, -0.15) is 0 Å². The Bertz CT molecular complexity index is 897. The number of hydrogen-bond acceptors (Lipinski definition) is 3. The van der Waals surface area contributed by atoms with Gasteiger partial charge in [-0.25, -0.2) is 0 Å². The molecular weight excluding hydrogens is 396 g/mol. The number of aryl methyl sites for hydroxylation is 1. The second-order valence-corrected chi connectivity index (χ2v) is 9.55. The van der Waals surface area contributed by atoms with Crippen LogP contribution in [0.15, 0.2) is 54.6 Å². The first-order valence-corrected chi connectivity index (χ1v) is 12.3. The van der Waals surface area contributed by atoms with Crippen LogP contribution in [-0.2, 0) is 11.2 Å². The molecule has 2 aromatic rings. The lowest BCUT2D eigenvalue weighted by atomic mass is 9.94. The van der Waals surface area contributed by atoms with Crippen LogP contribution in [0.1, 0.15) is 60.0 Å². The largest absolute Gasteiger partial charge is 0.333 e. The summed E-state index contributed by atoms with van der Waals surface area (Å²) >= 11 is 0. The molecule has 0 aromatic heterocycles. The van der Waals surface area contributed by atoms with E-state index in [0.29, 0.717) is 11.5 Å². The third-order valence-corrected chi connectivity index (χ3v) is 7.38. The van der Waals surface area contributed by atoms with Gasteiger partial charge in [0.15, 0.2) is 0 Å². The third kappa shape index (κ3) is 5.66. The lowest BCUT2D eigenvalue weighted by Crippen LogP contribution is -2.47. The normalized spacial score (nSPS) is 18.0. The van der Waals surface area contributed by atoms with E-state index in [0.717, 1.165) is 71.1 Å². The van der Waals surface area contributed by atoms with Gasteiger partial charge in [-0.05, 0) is 69.2 Å². The van der Waals surface area contributed by atoms with Crippen LogP contribution in [0.2, 0.25) is 0 Å². The first-order chi connectivity index (χ1) is 15.6. The summed E-state index contributed by atoms with van der Waals surface area (Å²) in [4.78, 5) is 30.6. The highest BCUT2D eigenvalue weighted by molar-refractivity contribution is 6.42. The quantitative estimate of drug-likeness (QED) is 0.440. The highest BCUT2D eigenvalue weighted by atomic mass is 16.2. The molecule has 1 saturated carbocycles. The molecule has 4 heteroatoms. The van der Waals surface area contributed by atoms with Crippen LogP contribution in [0, 0.1) is 12.8 Å². The Balaban J connectivity index is 1.33. The van der Waals surface area contributed by atoms with Crippen LogP contribution in [-0.4, -0.2) is 53.7 Å². The van der Waals surface area contributed by atoms with Crippen LogP contribution in [0.25, 0.3) is 0 Å². The Morgan fingerprint density at radius 1 is 0.906 bits per heavy atom. The van der Waals surface area contributed by atoms with Gasteiger partial charge in [0.1, 0.15) is 0 Å². The molecule has 1 amide bonds. The number of carbonyl (C=O) groups excluding carboxylic acids is 2. The first-order valence-electron chi connectivity index (χ1n) is 12.3. The Kier molecular flexibility index (Phi) is 7.75. The van der Waals surface area contributed by atoms with Crippen molar-refractivity contribution in [3.8, 4) is 0 Å². The molecule has 1 aliphatic heterocycles. The smallest absolute Gasteiger partial charge is 0.295 e. The van der Waals surface area contributed by atoms with E-state index in [1.165, 1.54) is 11.1 Å². The van der Waals surface area contributed by atoms with Gasteiger partial charge >= 0.3 is 0 Å². The predicted molar refractivity (Wildman–Crippen MR) is 129 cm³/mol. The number of likely N-dealkylation sites (tertiary alicyclic amines) is 1. The van der Waals surface area contributed by atoms with E-state index in [1.54, 1.807) is 12.1 Å². The maximum atomic E-state index is 13.2. The van der Waals surface area contributed by atoms with E-state index < -0.39 is 0 Å². The zero-order valence-electron chi connectivity index (χ0n) is 19.3. The highest BCUT2D eigenvalue weighted by Crippen LogP contribution is 2.27. The summed E-state index contributed by atoms with van der Waals surface area (Å²) in [6.45, 7) is 6.17. The van der Waals surface area contributed by atoms with Crippen molar-refractivity contribution in [2.45, 2.75) is 57.9 Å². The molecule has 2 aliphatic rings. The van der Waals surface area contributed by atoms with Crippen molar-refractivity contribution in [2.24, 2.45) is 5.92 Å². The minimum absolute atomic E-state index is 0.231. The van der Waals surface area contributed by atoms with E-state index in [1.807, 2.05) is 23.1 Å². The van der Waals surface area contributed by atoms with Gasteiger partial charge in [0.2, 0.25) is 5.78 Å². The van der Waals surface area contributed by atoms with E-state index in [2.05, 4.69) is 36.1 Å². The Morgan fingerprint density at radius 3 is 2.25 bits per heavy atom. The molecule has 4 rings (SSSR count). The van der Waals surface area contributed by atoms with Gasteiger partial charge in [0.25, 0.3) is 5.91 Å². The number of carbonyl (C=O) groups is 2. The average molecular weight is 433 g/mol. The second-order valence-electron chi connectivity index (χ2n) is 9.55. The molecule has 1 aliphatic carbocycles. The number of Topliss-reactive ketones (excluding diaryl/α,β-unsaturated/α-hetero) is 1. The molecule has 0 atom stereocenters. The van der Waals surface area contributed by atoms with Gasteiger partial charge in [0.05, 0.1) is 0 Å². The van der Waals surface area contributed by atoms with Crippen LogP contribution >= 0.6 is 0 Å². The minimum Gasteiger partial charge on any atom is -0.333 e. The summed E-state index contributed by atoms with van der Waals surface area (Å²) in [5.74, 6) is -0.170. The monoisotopic (exact) mass is 432 g/mol. The van der Waals surface area contributed by atoms with Crippen LogP contribution in [0.5, 0.6) is 0 Å². The number of hydrogen-bond donors (Lipinski definition) is 0. The Morgan fingerprint density at radius 2 is 1.56 bits per heavy atom. The second kappa shape index (κ2) is 10.9. The van der Waals surface area contributed by atoms with Crippen LogP contribution in [0.4, 0.5) is 0 Å². The zero-order valence-corrected chi connectivity index (χ0v) is 19.3. The molecule has 1 heterocycles. The summed E-state index contributed by atoms with van der Waals surface area (Å²) in [6, 6.07) is 17.9. The van der Waals surface area contributed by atoms with Gasteiger partial charge in [-0.15, -0.1) is 0 Å². The van der Waals surface area contributed by atoms with Gasteiger partial charge in [0, 0.05) is 24.7 Å². The summed E-state index contributed by atoms with van der Waals surface area (Å²) in [5.41, 5.74) is 3.31. The number of rotatable bonds is 8. The molecular formula is C28H36N2O2. The van der Waals surface area contributed by atoms with Crippen molar-refractivity contribution < 1.29 is 9.59 Å². The van der Waals surface area contributed by atoms with Crippen molar-refractivity contribution in [2.75, 3.05) is 26.2 Å². The van der Waals surface area contributed by atoms with E-state index in [9.17, 15) is 9.59 Å². The number of benzene rings is 2. The lowest BCUT2D eigenvalue weighted by molar-refractivity contribution is -0.129. The van der Waals surface area contributed by atoms with Gasteiger partial charge in [-0.1, -0.05) is 67.4 Å². The molecule has 0 unspecified atom stereocenters. The number of amides is 1. The van der Waals surface area contributed by atoms with Crippen molar-refractivity contribution in [1.82, 2.24) is 9.80 Å². The van der Waals surface area contributed by atoms with E-state index >= 15 is 0 Å². The maximum Gasteiger partial charge on any atom is 0.295 e. The summed E-state index contributed by atoms with van der Waals surface area (Å²) in [7, 11) is 0. The van der Waals surface area contributed by atoms with Crippen molar-refractivity contribution in [3.05, 3.63) is 71.3 Å². The fourth-order valence-electron chi connectivity index (χ4n) is 5.30. The summed E-state index contributed by atoms with van der Waals surface area (Å²) in [6.07, 6.45) is 7.67. The topological polar surface area (TPSA) is 40.6 Å². The van der Waals surface area contributed by atoms with E-state index in [-0.39, 0.29) is 17.7 Å². The number of ketones is 1. The standard InChI is InChI=1S/C28H36N2O2/c1-22-9-5-6-10-24(22)17-20-29-18-15-23(16-19-29)21-30(26-13-7-8-14-26)28(32)27(31)25-11-3-2-4-12-25/h2-6,9-12,23,26H,7-8,13-21H2,1H3. The van der Waals surface area contributed by atoms with Gasteiger partial charge in [-0.3, -0.25) is 9.59 Å². The minimum atomic E-state index is -0.354. The molecule has 0 spiro atoms. The maximum absolute atomic E-state index is 13.2. The predicted octanol–water partition coefficient (Wildman–Crippen LogP) is 4.90. The first kappa shape index (κ1) is 22.7. The Hall–Kier alpha value is -2.46. The molecule has 0 N–H and O–H groups in total. The summed E-state index contributed by atoms with van der Waals surface area (Å²) < 4.78 is 0. The lowest BCUT2D eigenvalue weighted by Gasteiger charge is -2.37. The van der Waals surface area contributed by atoms with Crippen LogP contribution in [0.3, 0.4) is 0 Å². The summed E-state index contributed by atoms with van der Waals surface area (Å²) in [5, 5.41) is 0. The molecule has 0 bridgehead atoms. The van der Waals surface area contributed by atoms with Gasteiger partial charge < -0.3 is 9.80 Å². The molecule has 1 saturated heterocycles. The third-order valence-electron chi connectivity index (χ3n) is 7.38. The molecule has 0 radical (unpaired) electrons. The SMILES string of the molecule is Cc1ccccc1CCN1CCC(CN(C(=O)C(=O)c2ccccc2)C2CCCC2)CC1. The van der Waals surface area contributed by atoms with E-state index in [4.69, 9.17) is 0 Å². The number of nitrogens with zero attached hydrogens (tertiary/aromatic N) is 2. The molecule has 2 aromatic carbocycles. The van der Waals surface area contributed by atoms with Crippen molar-refractivity contribution in [1.29, 1.82) is 0 Å². The molecule has 4 nitrogen and oxygen atoms in total. The molecule has 170 valence electrons.